The second kappa shape index (κ2) is 7.30. The van der Waals surface area contributed by atoms with Crippen molar-refractivity contribution in [3.05, 3.63) is 29.3 Å². The number of piperidine rings is 1. The summed E-state index contributed by atoms with van der Waals surface area (Å²) in [6.07, 6.45) is 2.65. The summed E-state index contributed by atoms with van der Waals surface area (Å²) in [5.41, 5.74) is 1.01. The Morgan fingerprint density at radius 2 is 2.12 bits per heavy atom. The smallest absolute Gasteiger partial charge is 0.308 e. The fourth-order valence-electron chi connectivity index (χ4n) is 3.31. The fraction of sp³-hybridized carbons (Fsp3) is 0.500. The van der Waals surface area contributed by atoms with Gasteiger partial charge in [0, 0.05) is 19.5 Å². The lowest BCUT2D eigenvalue weighted by Gasteiger charge is -2.34. The monoisotopic (exact) mass is 346 g/mol. The number of rotatable bonds is 5. The van der Waals surface area contributed by atoms with Gasteiger partial charge in [-0.1, -0.05) is 19.1 Å². The summed E-state index contributed by atoms with van der Waals surface area (Å²) in [7, 11) is 0. The Bertz CT molecular complexity index is 710. The Hall–Kier alpha value is -1.95. The van der Waals surface area contributed by atoms with E-state index in [0.29, 0.717) is 25.9 Å². The maximum Gasteiger partial charge on any atom is 0.308 e. The zero-order valence-electron chi connectivity index (χ0n) is 13.8. The molecule has 2 heterocycles. The second-order valence-corrected chi connectivity index (χ2v) is 7.72. The lowest BCUT2D eigenvalue weighted by Crippen LogP contribution is -2.45. The van der Waals surface area contributed by atoms with E-state index in [2.05, 4.69) is 11.1 Å². The zero-order chi connectivity index (χ0) is 17.1. The summed E-state index contributed by atoms with van der Waals surface area (Å²) in [5, 5.41) is 10.3. The van der Waals surface area contributed by atoms with Gasteiger partial charge >= 0.3 is 5.97 Å². The molecule has 2 unspecified atom stereocenters. The molecule has 1 aliphatic heterocycles. The van der Waals surface area contributed by atoms with Crippen LogP contribution in [0.1, 0.15) is 31.2 Å². The number of nitrogens with zero attached hydrogens (tertiary/aromatic N) is 2. The van der Waals surface area contributed by atoms with Crippen LogP contribution in [0.25, 0.3) is 10.2 Å². The molecule has 0 spiro atoms. The lowest BCUT2D eigenvalue weighted by molar-refractivity contribution is -0.146. The molecule has 2 atom stereocenters. The van der Waals surface area contributed by atoms with Gasteiger partial charge in [-0.15, -0.1) is 11.3 Å². The molecule has 1 fully saturated rings. The van der Waals surface area contributed by atoms with Gasteiger partial charge in [0.1, 0.15) is 0 Å². The average Bonchev–Trinajstić information content (AvgIpc) is 2.96. The fourth-order valence-corrected chi connectivity index (χ4v) is 4.32. The normalized spacial score (nSPS) is 21.1. The van der Waals surface area contributed by atoms with E-state index in [1.807, 2.05) is 25.1 Å². The number of para-hydroxylation sites is 1. The molecule has 1 aliphatic rings. The van der Waals surface area contributed by atoms with E-state index in [1.165, 1.54) is 4.70 Å². The minimum atomic E-state index is -0.797. The van der Waals surface area contributed by atoms with Gasteiger partial charge in [0.15, 0.2) is 0 Å². The number of aryl methyl sites for hydroxylation is 1. The molecule has 6 heteroatoms. The third kappa shape index (κ3) is 3.93. The first-order valence-corrected chi connectivity index (χ1v) is 9.19. The molecule has 0 radical (unpaired) electrons. The quantitative estimate of drug-likeness (QED) is 0.902. The highest BCUT2D eigenvalue weighted by molar-refractivity contribution is 7.18. The topological polar surface area (TPSA) is 70.5 Å². The molecule has 1 saturated heterocycles. The first-order valence-electron chi connectivity index (χ1n) is 8.38. The first-order chi connectivity index (χ1) is 11.5. The number of benzene rings is 1. The van der Waals surface area contributed by atoms with Gasteiger partial charge in [-0.2, -0.15) is 0 Å². The maximum absolute atomic E-state index is 12.4. The molecule has 2 aromatic rings. The molecule has 0 saturated carbocycles. The van der Waals surface area contributed by atoms with E-state index >= 15 is 0 Å². The van der Waals surface area contributed by atoms with Crippen LogP contribution in [0.4, 0.5) is 0 Å². The molecule has 1 N–H and O–H groups in total. The molecule has 1 aromatic carbocycles. The van der Waals surface area contributed by atoms with Crippen LogP contribution in [0.5, 0.6) is 0 Å². The zero-order valence-corrected chi connectivity index (χ0v) is 14.6. The molecule has 0 aliphatic carbocycles. The predicted octanol–water partition coefficient (Wildman–Crippen LogP) is 3.19. The summed E-state index contributed by atoms with van der Waals surface area (Å²) >= 11 is 1.68. The van der Waals surface area contributed by atoms with Crippen LogP contribution < -0.4 is 0 Å². The standard InChI is InChI=1S/C18H22N2O3S/c1-12-9-13(18(22)23)11-20(10-12)17(21)8-4-7-16-19-14-5-2-3-6-15(14)24-16/h2-3,5-6,12-13H,4,7-11H2,1H3,(H,22,23). The second-order valence-electron chi connectivity index (χ2n) is 6.60. The van der Waals surface area contributed by atoms with Crippen molar-refractivity contribution in [1.82, 2.24) is 9.88 Å². The molecule has 5 nitrogen and oxygen atoms in total. The van der Waals surface area contributed by atoms with Gasteiger partial charge in [-0.3, -0.25) is 9.59 Å². The number of aromatic nitrogens is 1. The molecule has 3 rings (SSSR count). The number of carbonyl (C=O) groups excluding carboxylic acids is 1. The van der Waals surface area contributed by atoms with Crippen molar-refractivity contribution in [3.8, 4) is 0 Å². The van der Waals surface area contributed by atoms with Crippen molar-refractivity contribution in [2.24, 2.45) is 11.8 Å². The van der Waals surface area contributed by atoms with Gasteiger partial charge in [0.25, 0.3) is 0 Å². The highest BCUT2D eigenvalue weighted by Crippen LogP contribution is 2.24. The Morgan fingerprint density at radius 3 is 2.88 bits per heavy atom. The summed E-state index contributed by atoms with van der Waals surface area (Å²) in [4.78, 5) is 29.9. The SMILES string of the molecule is CC1CC(C(=O)O)CN(C(=O)CCCc2nc3ccccc3s2)C1. The van der Waals surface area contributed by atoms with Crippen LogP contribution in [0.3, 0.4) is 0 Å². The van der Waals surface area contributed by atoms with Crippen molar-refractivity contribution in [3.63, 3.8) is 0 Å². The summed E-state index contributed by atoms with van der Waals surface area (Å²) in [6, 6.07) is 8.04. The van der Waals surface area contributed by atoms with Gasteiger partial charge in [0.2, 0.25) is 5.91 Å². The van der Waals surface area contributed by atoms with Crippen LogP contribution in [-0.2, 0) is 16.0 Å². The molecule has 1 amide bonds. The number of thiazole rings is 1. The predicted molar refractivity (Wildman–Crippen MR) is 94.0 cm³/mol. The van der Waals surface area contributed by atoms with E-state index in [-0.39, 0.29) is 11.8 Å². The van der Waals surface area contributed by atoms with Gasteiger partial charge < -0.3 is 10.0 Å². The molecular weight excluding hydrogens is 324 g/mol. The van der Waals surface area contributed by atoms with E-state index in [4.69, 9.17) is 0 Å². The van der Waals surface area contributed by atoms with E-state index in [0.717, 1.165) is 23.4 Å². The molecule has 24 heavy (non-hydrogen) atoms. The highest BCUT2D eigenvalue weighted by atomic mass is 32.1. The van der Waals surface area contributed by atoms with Crippen molar-refractivity contribution in [2.75, 3.05) is 13.1 Å². The minimum absolute atomic E-state index is 0.0638. The number of amides is 1. The Morgan fingerprint density at radius 1 is 1.33 bits per heavy atom. The number of carboxylic acids is 1. The summed E-state index contributed by atoms with van der Waals surface area (Å²) < 4.78 is 1.17. The van der Waals surface area contributed by atoms with Crippen molar-refractivity contribution in [1.29, 1.82) is 0 Å². The Balaban J connectivity index is 1.52. The first kappa shape index (κ1) is 16.9. The highest BCUT2D eigenvalue weighted by Gasteiger charge is 2.31. The van der Waals surface area contributed by atoms with Crippen LogP contribution in [-0.4, -0.2) is 40.0 Å². The van der Waals surface area contributed by atoms with Crippen LogP contribution in [0, 0.1) is 11.8 Å². The number of hydrogen-bond donors (Lipinski definition) is 1. The number of aliphatic carboxylic acids is 1. The van der Waals surface area contributed by atoms with Crippen molar-refractivity contribution < 1.29 is 14.7 Å². The lowest BCUT2D eigenvalue weighted by atomic mass is 9.90. The van der Waals surface area contributed by atoms with Crippen LogP contribution in [0.2, 0.25) is 0 Å². The summed E-state index contributed by atoms with van der Waals surface area (Å²) in [6.45, 7) is 3.03. The number of carboxylic acid groups (broad SMARTS) is 1. The maximum atomic E-state index is 12.4. The van der Waals surface area contributed by atoms with E-state index in [9.17, 15) is 14.7 Å². The van der Waals surface area contributed by atoms with Gasteiger partial charge in [-0.05, 0) is 37.3 Å². The molecule has 0 bridgehead atoms. The molecular formula is C18H22N2O3S. The number of carbonyl (C=O) groups is 2. The third-order valence-electron chi connectivity index (χ3n) is 4.48. The van der Waals surface area contributed by atoms with Gasteiger partial charge in [-0.25, -0.2) is 4.98 Å². The molecule has 128 valence electrons. The van der Waals surface area contributed by atoms with Crippen molar-refractivity contribution in [2.45, 2.75) is 32.6 Å². The van der Waals surface area contributed by atoms with Crippen LogP contribution >= 0.6 is 11.3 Å². The summed E-state index contributed by atoms with van der Waals surface area (Å²) in [5.74, 6) is -0.919. The number of fused-ring (bicyclic) bond motifs is 1. The molecule has 1 aromatic heterocycles. The average molecular weight is 346 g/mol. The van der Waals surface area contributed by atoms with E-state index < -0.39 is 11.9 Å². The Kier molecular flexibility index (Phi) is 5.14. The minimum Gasteiger partial charge on any atom is -0.481 e. The van der Waals surface area contributed by atoms with Crippen LogP contribution in [0.15, 0.2) is 24.3 Å². The third-order valence-corrected chi connectivity index (χ3v) is 5.58. The van der Waals surface area contributed by atoms with Gasteiger partial charge in [0.05, 0.1) is 21.1 Å². The Labute approximate surface area is 145 Å². The van der Waals surface area contributed by atoms with E-state index in [1.54, 1.807) is 16.2 Å². The number of hydrogen-bond acceptors (Lipinski definition) is 4. The number of likely N-dealkylation sites (tertiary alicyclic amines) is 1. The van der Waals surface area contributed by atoms with Crippen molar-refractivity contribution >= 4 is 33.4 Å². The largest absolute Gasteiger partial charge is 0.481 e.